The number of nitrogens with zero attached hydrogens (tertiary/aromatic N) is 1. The summed E-state index contributed by atoms with van der Waals surface area (Å²) < 4.78 is 7.37. The Balaban J connectivity index is 1.79. The first-order valence-electron chi connectivity index (χ1n) is 15.4. The molecule has 0 aromatic rings. The van der Waals surface area contributed by atoms with Crippen molar-refractivity contribution in [3.05, 3.63) is 23.3 Å². The highest BCUT2D eigenvalue weighted by molar-refractivity contribution is 6.05. The van der Waals surface area contributed by atoms with Gasteiger partial charge in [-0.25, -0.2) is 0 Å². The molecule has 1 spiro atoms. The molecule has 4 heteroatoms. The van der Waals surface area contributed by atoms with Gasteiger partial charge in [0, 0.05) is 27.6 Å². The highest BCUT2D eigenvalue weighted by Crippen LogP contribution is 2.78. The van der Waals surface area contributed by atoms with Gasteiger partial charge in [-0.3, -0.25) is 9.59 Å². The van der Waals surface area contributed by atoms with Crippen LogP contribution in [0.15, 0.2) is 23.3 Å². The van der Waals surface area contributed by atoms with Crippen LogP contribution in [0, 0.1) is 61.6 Å². The molecule has 0 aromatic heterocycles. The summed E-state index contributed by atoms with van der Waals surface area (Å²) in [6.45, 7) is 24.7. The van der Waals surface area contributed by atoms with Gasteiger partial charge in [-0.1, -0.05) is 82.2 Å². The minimum absolute atomic E-state index is 0.00739. The highest BCUT2D eigenvalue weighted by Gasteiger charge is 2.80. The highest BCUT2D eigenvalue weighted by atomic mass is 16.5. The van der Waals surface area contributed by atoms with Gasteiger partial charge in [-0.2, -0.15) is 5.26 Å². The second-order valence-electron chi connectivity index (χ2n) is 16.6. The molecule has 0 amide bonds. The van der Waals surface area contributed by atoms with E-state index in [1.54, 1.807) is 0 Å². The summed E-state index contributed by atoms with van der Waals surface area (Å²) >= 11 is 0. The van der Waals surface area contributed by atoms with Gasteiger partial charge in [0.15, 0.2) is 11.6 Å². The Hall–Kier alpha value is -1.73. The zero-order chi connectivity index (χ0) is 29.2. The van der Waals surface area contributed by atoms with Crippen LogP contribution in [-0.2, 0) is 14.3 Å². The number of allylic oxidation sites excluding steroid dienone is 3. The number of Topliss-reactive ketones (excluding diaryl/α,β-unsaturated/α-hetero) is 1. The Kier molecular flexibility index (Phi) is 6.04. The minimum Gasteiger partial charge on any atom is -0.362 e. The van der Waals surface area contributed by atoms with Gasteiger partial charge in [0.25, 0.3) is 0 Å². The maximum Gasteiger partial charge on any atom is 0.188 e. The number of carbonyl (C=O) groups is 2. The van der Waals surface area contributed by atoms with E-state index in [0.717, 1.165) is 44.1 Å². The van der Waals surface area contributed by atoms with Crippen molar-refractivity contribution in [2.45, 2.75) is 126 Å². The minimum atomic E-state index is -0.854. The molecule has 1 heterocycles. The number of ketones is 2. The average molecular weight is 534 g/mol. The van der Waals surface area contributed by atoms with E-state index in [2.05, 4.69) is 68.4 Å². The average Bonchev–Trinajstić information content (AvgIpc) is 3.03. The zero-order valence-electron chi connectivity index (χ0n) is 26.4. The summed E-state index contributed by atoms with van der Waals surface area (Å²) in [4.78, 5) is 28.3. The first-order chi connectivity index (χ1) is 17.8. The number of rotatable bonds is 3. The lowest BCUT2D eigenvalue weighted by Crippen LogP contribution is -2.71. The number of hydrogen-bond acceptors (Lipinski definition) is 4. The lowest BCUT2D eigenvalue weighted by molar-refractivity contribution is -0.207. The molecule has 3 unspecified atom stereocenters. The molecule has 2 bridgehead atoms. The quantitative estimate of drug-likeness (QED) is 0.368. The van der Waals surface area contributed by atoms with E-state index in [1.165, 1.54) is 0 Å². The van der Waals surface area contributed by atoms with Crippen molar-refractivity contribution >= 4 is 11.6 Å². The normalized spacial score (nSPS) is 46.6. The predicted octanol–water partition coefficient (Wildman–Crippen LogP) is 8.02. The van der Waals surface area contributed by atoms with Gasteiger partial charge in [0.05, 0.1) is 11.7 Å². The number of hydrogen-bond donors (Lipinski definition) is 0. The van der Waals surface area contributed by atoms with Crippen LogP contribution in [0.5, 0.6) is 0 Å². The molecular formula is C35H51NO3. The first kappa shape index (κ1) is 28.8. The van der Waals surface area contributed by atoms with E-state index in [9.17, 15) is 14.9 Å². The number of fused-ring (bicyclic) bond motifs is 5. The van der Waals surface area contributed by atoms with E-state index in [0.29, 0.717) is 5.92 Å². The molecular weight excluding hydrogens is 482 g/mol. The Morgan fingerprint density at radius 1 is 1.08 bits per heavy atom. The molecule has 39 heavy (non-hydrogen) atoms. The van der Waals surface area contributed by atoms with Crippen LogP contribution in [0.2, 0.25) is 0 Å². The van der Waals surface area contributed by atoms with Crippen LogP contribution in [0.1, 0.15) is 115 Å². The third-order valence-corrected chi connectivity index (χ3v) is 13.0. The van der Waals surface area contributed by atoms with E-state index in [1.807, 2.05) is 26.0 Å². The zero-order valence-corrected chi connectivity index (χ0v) is 26.4. The second kappa shape index (κ2) is 8.18. The Morgan fingerprint density at radius 3 is 2.26 bits per heavy atom. The van der Waals surface area contributed by atoms with Gasteiger partial charge in [-0.15, -0.1) is 0 Å². The second-order valence-corrected chi connectivity index (χ2v) is 16.6. The van der Waals surface area contributed by atoms with Gasteiger partial charge in [0.1, 0.15) is 11.7 Å². The molecule has 0 radical (unpaired) electrons. The van der Waals surface area contributed by atoms with Crippen LogP contribution < -0.4 is 0 Å². The fourth-order valence-corrected chi connectivity index (χ4v) is 11.1. The van der Waals surface area contributed by atoms with Crippen LogP contribution in [-0.4, -0.2) is 23.3 Å². The van der Waals surface area contributed by atoms with Crippen molar-refractivity contribution < 1.29 is 14.3 Å². The molecule has 5 aliphatic rings. The molecule has 2 saturated carbocycles. The van der Waals surface area contributed by atoms with E-state index in [-0.39, 0.29) is 56.7 Å². The maximum atomic E-state index is 15.0. The molecule has 214 valence electrons. The maximum absolute atomic E-state index is 15.0. The van der Waals surface area contributed by atoms with Crippen molar-refractivity contribution in [2.75, 3.05) is 0 Å². The number of ether oxygens (including phenoxy) is 1. The van der Waals surface area contributed by atoms with Crippen LogP contribution in [0.3, 0.4) is 0 Å². The smallest absolute Gasteiger partial charge is 0.188 e. The molecule has 3 fully saturated rings. The number of carbonyl (C=O) groups excluding carboxylic acids is 2. The Morgan fingerprint density at radius 2 is 1.72 bits per heavy atom. The summed E-state index contributed by atoms with van der Waals surface area (Å²) in [6.07, 6.45) is 9.80. The molecule has 1 saturated heterocycles. The fraction of sp³-hybridized carbons (Fsp3) is 0.800. The van der Waals surface area contributed by atoms with Crippen LogP contribution >= 0.6 is 0 Å². The van der Waals surface area contributed by atoms with Crippen LogP contribution in [0.4, 0.5) is 0 Å². The monoisotopic (exact) mass is 533 g/mol. The van der Waals surface area contributed by atoms with Gasteiger partial charge in [-0.05, 0) is 72.8 Å². The lowest BCUT2D eigenvalue weighted by Gasteiger charge is -2.69. The summed E-state index contributed by atoms with van der Waals surface area (Å²) in [5.41, 5.74) is -1.24. The molecule has 0 aromatic carbocycles. The molecule has 8 atom stereocenters. The van der Waals surface area contributed by atoms with Crippen molar-refractivity contribution in [1.82, 2.24) is 0 Å². The topological polar surface area (TPSA) is 67.2 Å². The van der Waals surface area contributed by atoms with Crippen molar-refractivity contribution in [1.29, 1.82) is 5.26 Å². The van der Waals surface area contributed by atoms with E-state index in [4.69, 9.17) is 4.74 Å². The summed E-state index contributed by atoms with van der Waals surface area (Å²) in [5, 5.41) is 9.97. The molecule has 4 aliphatic carbocycles. The third kappa shape index (κ3) is 3.21. The summed E-state index contributed by atoms with van der Waals surface area (Å²) in [5.74, 6) is 0.617. The summed E-state index contributed by atoms with van der Waals surface area (Å²) in [7, 11) is 0. The predicted molar refractivity (Wildman–Crippen MR) is 155 cm³/mol. The lowest BCUT2D eigenvalue weighted by atomic mass is 9.34. The van der Waals surface area contributed by atoms with E-state index < -0.39 is 16.4 Å². The Labute approximate surface area is 237 Å². The van der Waals surface area contributed by atoms with Crippen molar-refractivity contribution in [3.8, 4) is 6.07 Å². The van der Waals surface area contributed by atoms with Gasteiger partial charge < -0.3 is 4.74 Å². The fourth-order valence-electron chi connectivity index (χ4n) is 11.1. The van der Waals surface area contributed by atoms with Crippen molar-refractivity contribution in [2.24, 2.45) is 50.2 Å². The number of nitriles is 1. The third-order valence-electron chi connectivity index (χ3n) is 13.0. The van der Waals surface area contributed by atoms with Crippen LogP contribution in [0.25, 0.3) is 0 Å². The molecule has 1 aliphatic heterocycles. The SMILES string of the molecule is CC[C@@]12CC[C@@]3(C)[C@]4(C)CCC5C(C)(C)C(=O)C(C#N)=C[C@]5(C)C4=CC(=O)[C@]3(OC1C(C)C)C2CC(C)(C)C. The molecule has 0 N–H and O–H groups in total. The standard InChI is InChI=1S/C35H51NO3/c1-12-34-16-15-33(11)32(10)14-13-23-30(7,8)27(38)22(20-36)18-31(23,9)24(32)17-26(37)35(33,39-28(34)21(2)3)25(34)19-29(4,5)6/h17-18,21,23,25,28H,12-16,19H2,1-11H3/t23?,25?,28?,31-,32+,33-,34-,35+/m0/s1. The largest absolute Gasteiger partial charge is 0.362 e. The van der Waals surface area contributed by atoms with Gasteiger partial charge in [0.2, 0.25) is 0 Å². The summed E-state index contributed by atoms with van der Waals surface area (Å²) in [6, 6.07) is 2.22. The molecule has 4 nitrogen and oxygen atoms in total. The first-order valence-corrected chi connectivity index (χ1v) is 15.4. The van der Waals surface area contributed by atoms with Crippen molar-refractivity contribution in [3.63, 3.8) is 0 Å². The van der Waals surface area contributed by atoms with E-state index >= 15 is 0 Å². The van der Waals surface area contributed by atoms with Gasteiger partial charge >= 0.3 is 0 Å². The Bertz CT molecular complexity index is 1230. The molecule has 5 rings (SSSR count).